The van der Waals surface area contributed by atoms with Crippen molar-refractivity contribution in [2.45, 2.75) is 18.9 Å². The largest absolute Gasteiger partial charge is 0.454 e. The van der Waals surface area contributed by atoms with Gasteiger partial charge in [0.05, 0.1) is 7.11 Å². The van der Waals surface area contributed by atoms with E-state index in [9.17, 15) is 9.59 Å². The summed E-state index contributed by atoms with van der Waals surface area (Å²) in [6.07, 6.45) is 1.44. The van der Waals surface area contributed by atoms with Crippen LogP contribution in [0.25, 0.3) is 0 Å². The summed E-state index contributed by atoms with van der Waals surface area (Å²) >= 11 is 0. The summed E-state index contributed by atoms with van der Waals surface area (Å²) in [5, 5.41) is 1.16. The zero-order chi connectivity index (χ0) is 15.7. The summed E-state index contributed by atoms with van der Waals surface area (Å²) in [6.45, 7) is 0.720. The van der Waals surface area contributed by atoms with E-state index in [1.54, 1.807) is 30.1 Å². The van der Waals surface area contributed by atoms with E-state index in [4.69, 9.17) is 14.3 Å². The second-order valence-corrected chi connectivity index (χ2v) is 5.24. The predicted molar refractivity (Wildman–Crippen MR) is 76.4 cm³/mol. The van der Waals surface area contributed by atoms with Gasteiger partial charge in [-0.1, -0.05) is 0 Å². The van der Waals surface area contributed by atoms with Gasteiger partial charge in [-0.3, -0.25) is 14.4 Å². The van der Waals surface area contributed by atoms with E-state index in [1.807, 2.05) is 0 Å². The first-order valence-electron chi connectivity index (χ1n) is 7.14. The lowest BCUT2D eigenvalue weighted by Gasteiger charge is -2.26. The molecular weight excluding hydrogens is 288 g/mol. The molecule has 2 aliphatic rings. The SMILES string of the molecule is CON(C)C(=O)[C@@H]1CCCN1C(=O)c1ccc2c(c1)OCO2. The highest BCUT2D eigenvalue weighted by Gasteiger charge is 2.36. The second-order valence-electron chi connectivity index (χ2n) is 5.24. The summed E-state index contributed by atoms with van der Waals surface area (Å²) in [4.78, 5) is 31.5. The summed E-state index contributed by atoms with van der Waals surface area (Å²) in [5.74, 6) is 0.791. The molecule has 1 aromatic carbocycles. The number of fused-ring (bicyclic) bond motifs is 1. The zero-order valence-electron chi connectivity index (χ0n) is 12.6. The van der Waals surface area contributed by atoms with Crippen molar-refractivity contribution >= 4 is 11.8 Å². The molecule has 118 valence electrons. The number of nitrogens with zero attached hydrogens (tertiary/aromatic N) is 2. The molecular formula is C15H18N2O5. The van der Waals surface area contributed by atoms with Crippen LogP contribution in [0.5, 0.6) is 11.5 Å². The molecule has 7 nitrogen and oxygen atoms in total. The Morgan fingerprint density at radius 1 is 1.32 bits per heavy atom. The molecule has 22 heavy (non-hydrogen) atoms. The molecule has 1 fully saturated rings. The van der Waals surface area contributed by atoms with Gasteiger partial charge in [-0.25, -0.2) is 5.06 Å². The average Bonchev–Trinajstić information content (AvgIpc) is 3.20. The topological polar surface area (TPSA) is 68.3 Å². The maximum absolute atomic E-state index is 12.7. The monoisotopic (exact) mass is 306 g/mol. The number of hydroxylamine groups is 2. The van der Waals surface area contributed by atoms with E-state index < -0.39 is 6.04 Å². The number of likely N-dealkylation sites (N-methyl/N-ethyl adjacent to an activating group) is 1. The van der Waals surface area contributed by atoms with Gasteiger partial charge in [0.2, 0.25) is 6.79 Å². The highest BCUT2D eigenvalue weighted by molar-refractivity contribution is 5.98. The lowest BCUT2D eigenvalue weighted by atomic mass is 10.1. The van der Waals surface area contributed by atoms with E-state index in [-0.39, 0.29) is 18.6 Å². The summed E-state index contributed by atoms with van der Waals surface area (Å²) in [7, 11) is 2.97. The minimum Gasteiger partial charge on any atom is -0.454 e. The van der Waals surface area contributed by atoms with E-state index in [2.05, 4.69) is 0 Å². The van der Waals surface area contributed by atoms with E-state index in [0.29, 0.717) is 30.0 Å². The quantitative estimate of drug-likeness (QED) is 0.781. The second kappa shape index (κ2) is 5.84. The summed E-state index contributed by atoms with van der Waals surface area (Å²) in [6, 6.07) is 4.58. The van der Waals surface area contributed by atoms with Crippen molar-refractivity contribution in [3.05, 3.63) is 23.8 Å². The van der Waals surface area contributed by atoms with Crippen LogP contribution in [0, 0.1) is 0 Å². The fourth-order valence-electron chi connectivity index (χ4n) is 2.76. The number of likely N-dealkylation sites (tertiary alicyclic amines) is 1. The Labute approximate surface area is 128 Å². The van der Waals surface area contributed by atoms with Gasteiger partial charge in [-0.15, -0.1) is 0 Å². The van der Waals surface area contributed by atoms with Crippen LogP contribution in [0.2, 0.25) is 0 Å². The van der Waals surface area contributed by atoms with Crippen molar-refractivity contribution in [2.75, 3.05) is 27.5 Å². The van der Waals surface area contributed by atoms with Gasteiger partial charge >= 0.3 is 0 Å². The molecule has 1 saturated heterocycles. The maximum atomic E-state index is 12.7. The Hall–Kier alpha value is -2.28. The number of benzene rings is 1. The molecule has 2 heterocycles. The number of amides is 2. The smallest absolute Gasteiger partial charge is 0.268 e. The molecule has 0 aliphatic carbocycles. The van der Waals surface area contributed by atoms with Gasteiger partial charge in [0, 0.05) is 19.2 Å². The molecule has 0 bridgehead atoms. The third-order valence-electron chi connectivity index (χ3n) is 4.00. The van der Waals surface area contributed by atoms with Crippen LogP contribution in [0.3, 0.4) is 0 Å². The molecule has 0 N–H and O–H groups in total. The number of hydrogen-bond acceptors (Lipinski definition) is 5. The number of carbonyl (C=O) groups excluding carboxylic acids is 2. The Morgan fingerprint density at radius 2 is 2.09 bits per heavy atom. The van der Waals surface area contributed by atoms with Crippen LogP contribution in [0.4, 0.5) is 0 Å². The van der Waals surface area contributed by atoms with E-state index in [0.717, 1.165) is 11.5 Å². The highest BCUT2D eigenvalue weighted by atomic mass is 16.7. The third-order valence-corrected chi connectivity index (χ3v) is 4.00. The number of rotatable bonds is 3. The molecule has 0 unspecified atom stereocenters. The van der Waals surface area contributed by atoms with Gasteiger partial charge in [-0.2, -0.15) is 0 Å². The standard InChI is InChI=1S/C15H18N2O5/c1-16(20-2)15(19)11-4-3-7-17(11)14(18)10-5-6-12-13(8-10)22-9-21-12/h5-6,8,11H,3-4,7,9H2,1-2H3/t11-/m0/s1. The van der Waals surface area contributed by atoms with Crippen LogP contribution < -0.4 is 9.47 Å². The number of ether oxygens (including phenoxy) is 2. The minimum atomic E-state index is -0.483. The first-order chi connectivity index (χ1) is 10.6. The molecule has 1 atom stereocenters. The molecule has 7 heteroatoms. The van der Waals surface area contributed by atoms with E-state index >= 15 is 0 Å². The molecule has 1 aromatic rings. The van der Waals surface area contributed by atoms with Crippen molar-refractivity contribution in [1.82, 2.24) is 9.96 Å². The molecule has 0 spiro atoms. The molecule has 0 saturated carbocycles. The molecule has 2 aliphatic heterocycles. The first-order valence-corrected chi connectivity index (χ1v) is 7.14. The maximum Gasteiger partial charge on any atom is 0.268 e. The predicted octanol–water partition coefficient (Wildman–Crippen LogP) is 1.04. The fourth-order valence-corrected chi connectivity index (χ4v) is 2.76. The third kappa shape index (κ3) is 2.48. The van der Waals surface area contributed by atoms with Crippen LogP contribution in [-0.4, -0.2) is 55.3 Å². The lowest BCUT2D eigenvalue weighted by molar-refractivity contribution is -0.172. The van der Waals surface area contributed by atoms with Crippen LogP contribution in [0.1, 0.15) is 23.2 Å². The Kier molecular flexibility index (Phi) is 3.89. The summed E-state index contributed by atoms with van der Waals surface area (Å²) < 4.78 is 10.5. The van der Waals surface area contributed by atoms with E-state index in [1.165, 1.54) is 7.11 Å². The Balaban J connectivity index is 1.80. The van der Waals surface area contributed by atoms with Gasteiger partial charge in [0.1, 0.15) is 6.04 Å². The normalized spacial score (nSPS) is 19.4. The van der Waals surface area contributed by atoms with Gasteiger partial charge in [0.15, 0.2) is 11.5 Å². The lowest BCUT2D eigenvalue weighted by Crippen LogP contribution is -2.46. The van der Waals surface area contributed by atoms with Crippen molar-refractivity contribution in [1.29, 1.82) is 0 Å². The van der Waals surface area contributed by atoms with Gasteiger partial charge < -0.3 is 14.4 Å². The highest BCUT2D eigenvalue weighted by Crippen LogP contribution is 2.33. The van der Waals surface area contributed by atoms with Crippen molar-refractivity contribution in [2.24, 2.45) is 0 Å². The van der Waals surface area contributed by atoms with Crippen LogP contribution >= 0.6 is 0 Å². The van der Waals surface area contributed by atoms with Crippen molar-refractivity contribution in [3.8, 4) is 11.5 Å². The average molecular weight is 306 g/mol. The number of hydrogen-bond donors (Lipinski definition) is 0. The molecule has 2 amide bonds. The zero-order valence-corrected chi connectivity index (χ0v) is 12.6. The minimum absolute atomic E-state index is 0.163. The van der Waals surface area contributed by atoms with Crippen molar-refractivity contribution < 1.29 is 23.9 Å². The molecule has 0 radical (unpaired) electrons. The molecule has 0 aromatic heterocycles. The Bertz CT molecular complexity index is 604. The van der Waals surface area contributed by atoms with Gasteiger partial charge in [0.25, 0.3) is 11.8 Å². The summed E-state index contributed by atoms with van der Waals surface area (Å²) in [5.41, 5.74) is 0.490. The number of carbonyl (C=O) groups is 2. The molecule has 3 rings (SSSR count). The first kappa shape index (κ1) is 14.6. The van der Waals surface area contributed by atoms with Crippen molar-refractivity contribution in [3.63, 3.8) is 0 Å². The van der Waals surface area contributed by atoms with Crippen LogP contribution in [-0.2, 0) is 9.63 Å². The Morgan fingerprint density at radius 3 is 2.86 bits per heavy atom. The fraction of sp³-hybridized carbons (Fsp3) is 0.467. The van der Waals surface area contributed by atoms with Crippen LogP contribution in [0.15, 0.2) is 18.2 Å². The van der Waals surface area contributed by atoms with Gasteiger partial charge in [-0.05, 0) is 31.0 Å².